The maximum absolute atomic E-state index is 12.1. The predicted octanol–water partition coefficient (Wildman–Crippen LogP) is 2.86. The van der Waals surface area contributed by atoms with Gasteiger partial charge in [-0.1, -0.05) is 11.6 Å². The van der Waals surface area contributed by atoms with Crippen LogP contribution in [0.3, 0.4) is 0 Å². The van der Waals surface area contributed by atoms with Crippen LogP contribution < -0.4 is 0 Å². The van der Waals surface area contributed by atoms with Crippen molar-refractivity contribution in [1.82, 2.24) is 9.97 Å². The fraction of sp³-hybridized carbons (Fsp3) is 0.154. The smallest absolute Gasteiger partial charge is 0.169 e. The van der Waals surface area contributed by atoms with Crippen molar-refractivity contribution in [3.8, 4) is 0 Å². The van der Waals surface area contributed by atoms with Gasteiger partial charge in [-0.05, 0) is 30.7 Å². The van der Waals surface area contributed by atoms with Crippen LogP contribution in [0.5, 0.6) is 0 Å². The summed E-state index contributed by atoms with van der Waals surface area (Å²) in [4.78, 5) is 20.1. The van der Waals surface area contributed by atoms with Crippen LogP contribution in [0.4, 0.5) is 0 Å². The Hall–Kier alpha value is -1.74. The van der Waals surface area contributed by atoms with Crippen molar-refractivity contribution in [2.75, 3.05) is 0 Å². The van der Waals surface area contributed by atoms with E-state index in [2.05, 4.69) is 9.97 Å². The first kappa shape index (κ1) is 11.7. The third kappa shape index (κ3) is 2.68. The second kappa shape index (κ2) is 5.06. The van der Waals surface area contributed by atoms with Gasteiger partial charge in [-0.2, -0.15) is 0 Å². The molecule has 0 spiro atoms. The van der Waals surface area contributed by atoms with Crippen molar-refractivity contribution in [3.05, 3.63) is 58.6 Å². The third-order valence-electron chi connectivity index (χ3n) is 2.51. The molecule has 17 heavy (non-hydrogen) atoms. The fourth-order valence-corrected chi connectivity index (χ4v) is 1.78. The van der Waals surface area contributed by atoms with E-state index in [-0.39, 0.29) is 12.2 Å². The lowest BCUT2D eigenvalue weighted by atomic mass is 10.0. The highest BCUT2D eigenvalue weighted by molar-refractivity contribution is 6.31. The van der Waals surface area contributed by atoms with Crippen molar-refractivity contribution in [1.29, 1.82) is 0 Å². The van der Waals surface area contributed by atoms with E-state index < -0.39 is 0 Å². The van der Waals surface area contributed by atoms with E-state index in [0.29, 0.717) is 10.6 Å². The molecule has 0 radical (unpaired) electrons. The highest BCUT2D eigenvalue weighted by atomic mass is 35.5. The van der Waals surface area contributed by atoms with Crippen molar-refractivity contribution >= 4 is 17.4 Å². The molecule has 0 saturated heterocycles. The molecule has 0 amide bonds. The summed E-state index contributed by atoms with van der Waals surface area (Å²) in [7, 11) is 0. The minimum Gasteiger partial charge on any atom is -0.294 e. The first-order valence-corrected chi connectivity index (χ1v) is 5.59. The molecule has 0 N–H and O–H groups in total. The van der Waals surface area contributed by atoms with Crippen LogP contribution in [0.2, 0.25) is 5.02 Å². The molecule has 0 bridgehead atoms. The molecule has 0 saturated carbocycles. The zero-order valence-electron chi connectivity index (χ0n) is 9.35. The zero-order chi connectivity index (χ0) is 12.3. The first-order chi connectivity index (χ1) is 8.18. The van der Waals surface area contributed by atoms with Gasteiger partial charge >= 0.3 is 0 Å². The number of halogens is 1. The minimum absolute atomic E-state index is 0.0173. The van der Waals surface area contributed by atoms with E-state index in [1.165, 1.54) is 0 Å². The van der Waals surface area contributed by atoms with Crippen LogP contribution in [0.1, 0.15) is 21.6 Å². The molecule has 2 aromatic heterocycles. The number of carbonyl (C=O) groups is 1. The molecule has 2 rings (SSSR count). The molecule has 0 atom stereocenters. The Bertz CT molecular complexity index is 555. The average Bonchev–Trinajstić information content (AvgIpc) is 2.32. The molecular formula is C13H11ClN2O. The van der Waals surface area contributed by atoms with E-state index in [4.69, 9.17) is 11.6 Å². The number of carbonyl (C=O) groups excluding carboxylic acids is 1. The highest BCUT2D eigenvalue weighted by Crippen LogP contribution is 2.16. The minimum atomic E-state index is 0.0173. The summed E-state index contributed by atoms with van der Waals surface area (Å²) in [6.45, 7) is 1.82. The summed E-state index contributed by atoms with van der Waals surface area (Å²) in [6, 6.07) is 5.29. The number of hydrogen-bond donors (Lipinski definition) is 0. The lowest BCUT2D eigenvalue weighted by Gasteiger charge is -2.05. The summed E-state index contributed by atoms with van der Waals surface area (Å²) < 4.78 is 0. The molecule has 4 heteroatoms. The number of Topliss-reactive ketones (excluding diaryl/α,β-unsaturated/α-hetero) is 1. The zero-order valence-corrected chi connectivity index (χ0v) is 10.1. The van der Waals surface area contributed by atoms with Gasteiger partial charge in [0.1, 0.15) is 0 Å². The van der Waals surface area contributed by atoms with Gasteiger partial charge in [0.2, 0.25) is 0 Å². The van der Waals surface area contributed by atoms with Gasteiger partial charge in [-0.25, -0.2) is 0 Å². The van der Waals surface area contributed by atoms with Crippen LogP contribution in [0.15, 0.2) is 36.8 Å². The van der Waals surface area contributed by atoms with Crippen molar-refractivity contribution in [3.63, 3.8) is 0 Å². The van der Waals surface area contributed by atoms with Gasteiger partial charge in [-0.3, -0.25) is 14.8 Å². The molecule has 2 heterocycles. The third-order valence-corrected chi connectivity index (χ3v) is 2.86. The molecule has 2 aromatic rings. The Morgan fingerprint density at radius 2 is 2.18 bits per heavy atom. The Morgan fingerprint density at radius 1 is 1.35 bits per heavy atom. The standard InChI is InChI=1S/C13H11ClN2O/c1-9-11(3-2-5-16-9)13(17)7-10-4-6-15-8-12(10)14/h2-6,8H,7H2,1H3. The van der Waals surface area contributed by atoms with Gasteiger partial charge in [0, 0.05) is 36.3 Å². The van der Waals surface area contributed by atoms with Gasteiger partial charge in [0.25, 0.3) is 0 Å². The van der Waals surface area contributed by atoms with Gasteiger partial charge in [-0.15, -0.1) is 0 Å². The molecule has 0 unspecified atom stereocenters. The van der Waals surface area contributed by atoms with Crippen molar-refractivity contribution in [2.24, 2.45) is 0 Å². The van der Waals surface area contributed by atoms with Crippen LogP contribution in [-0.2, 0) is 6.42 Å². The summed E-state index contributed by atoms with van der Waals surface area (Å²) in [5.41, 5.74) is 2.16. The largest absolute Gasteiger partial charge is 0.294 e. The predicted molar refractivity (Wildman–Crippen MR) is 66.3 cm³/mol. The van der Waals surface area contributed by atoms with E-state index in [9.17, 15) is 4.79 Å². The fourth-order valence-electron chi connectivity index (χ4n) is 1.59. The van der Waals surface area contributed by atoms with Gasteiger partial charge < -0.3 is 0 Å². The highest BCUT2D eigenvalue weighted by Gasteiger charge is 2.11. The molecule has 0 aromatic carbocycles. The molecule has 0 aliphatic rings. The average molecular weight is 247 g/mol. The Kier molecular flexibility index (Phi) is 3.49. The van der Waals surface area contributed by atoms with Crippen molar-refractivity contribution < 1.29 is 4.79 Å². The second-order valence-corrected chi connectivity index (χ2v) is 4.11. The number of ketones is 1. The topological polar surface area (TPSA) is 42.9 Å². The Morgan fingerprint density at radius 3 is 2.88 bits per heavy atom. The first-order valence-electron chi connectivity index (χ1n) is 5.21. The molecule has 3 nitrogen and oxygen atoms in total. The molecule has 86 valence electrons. The number of pyridine rings is 2. The SMILES string of the molecule is Cc1ncccc1C(=O)Cc1ccncc1Cl. The van der Waals surface area contributed by atoms with Crippen LogP contribution >= 0.6 is 11.6 Å². The van der Waals surface area contributed by atoms with Crippen LogP contribution in [0.25, 0.3) is 0 Å². The molecule has 0 aliphatic carbocycles. The maximum atomic E-state index is 12.1. The normalized spacial score (nSPS) is 10.2. The lowest BCUT2D eigenvalue weighted by Crippen LogP contribution is -2.07. The van der Waals surface area contributed by atoms with Crippen LogP contribution in [0, 0.1) is 6.92 Å². The summed E-state index contributed by atoms with van der Waals surface area (Å²) in [5.74, 6) is 0.0173. The summed E-state index contributed by atoms with van der Waals surface area (Å²) >= 11 is 5.97. The number of rotatable bonds is 3. The van der Waals surface area contributed by atoms with Gasteiger partial charge in [0.15, 0.2) is 5.78 Å². The molecular weight excluding hydrogens is 236 g/mol. The second-order valence-electron chi connectivity index (χ2n) is 3.70. The van der Waals surface area contributed by atoms with Crippen LogP contribution in [-0.4, -0.2) is 15.8 Å². The number of aromatic nitrogens is 2. The number of hydrogen-bond acceptors (Lipinski definition) is 3. The maximum Gasteiger partial charge on any atom is 0.169 e. The van der Waals surface area contributed by atoms with Gasteiger partial charge in [0.05, 0.1) is 5.02 Å². The number of nitrogens with zero attached hydrogens (tertiary/aromatic N) is 2. The quantitative estimate of drug-likeness (QED) is 0.782. The van der Waals surface area contributed by atoms with E-state index in [1.54, 1.807) is 36.8 Å². The van der Waals surface area contributed by atoms with Crippen molar-refractivity contribution in [2.45, 2.75) is 13.3 Å². The Balaban J connectivity index is 2.24. The monoisotopic (exact) mass is 246 g/mol. The lowest BCUT2D eigenvalue weighted by molar-refractivity contribution is 0.0992. The van der Waals surface area contributed by atoms with E-state index in [0.717, 1.165) is 11.3 Å². The summed E-state index contributed by atoms with van der Waals surface area (Å²) in [5, 5.41) is 0.516. The Labute approximate surface area is 104 Å². The summed E-state index contributed by atoms with van der Waals surface area (Å²) in [6.07, 6.45) is 5.12. The molecule has 0 fully saturated rings. The number of aryl methyl sites for hydroxylation is 1. The molecule has 0 aliphatic heterocycles. The van der Waals surface area contributed by atoms with E-state index in [1.807, 2.05) is 6.92 Å². The van der Waals surface area contributed by atoms with E-state index >= 15 is 0 Å².